The summed E-state index contributed by atoms with van der Waals surface area (Å²) in [5.41, 5.74) is 13.6. The molecule has 2 rings (SSSR count). The zero-order valence-corrected chi connectivity index (χ0v) is 16.1. The molecule has 1 heterocycles. The van der Waals surface area contributed by atoms with Crippen LogP contribution in [0.4, 0.5) is 5.82 Å². The average molecular weight is 388 g/mol. The number of nitrogens with zero attached hydrogens (tertiary/aromatic N) is 2. The number of carbonyl (C=O) groups is 1. The molecule has 1 amide bonds. The third kappa shape index (κ3) is 6.57. The van der Waals surface area contributed by atoms with Gasteiger partial charge in [0.2, 0.25) is 5.91 Å². The first-order chi connectivity index (χ1) is 11.0. The van der Waals surface area contributed by atoms with Gasteiger partial charge in [0.25, 0.3) is 0 Å². The predicted molar refractivity (Wildman–Crippen MR) is 107 cm³/mol. The van der Waals surface area contributed by atoms with E-state index in [1.807, 2.05) is 50.2 Å². The van der Waals surface area contributed by atoms with E-state index in [4.69, 9.17) is 11.5 Å². The van der Waals surface area contributed by atoms with Crippen LogP contribution in [0.2, 0.25) is 0 Å². The van der Waals surface area contributed by atoms with Crippen molar-refractivity contribution in [3.05, 3.63) is 42.1 Å². The topological polar surface area (TPSA) is 99.0 Å². The number of para-hydroxylation sites is 1. The molecular weight excluding hydrogens is 361 g/mol. The molecule has 0 aliphatic carbocycles. The molecular formula is C17H27Cl2N5O. The number of hydrogen-bond acceptors (Lipinski definition) is 4. The van der Waals surface area contributed by atoms with Gasteiger partial charge in [-0.2, -0.15) is 5.10 Å². The summed E-state index contributed by atoms with van der Waals surface area (Å²) in [5, 5.41) is 7.42. The Kier molecular flexibility index (Phi) is 10.2. The van der Waals surface area contributed by atoms with Crippen LogP contribution in [0.15, 0.2) is 36.4 Å². The van der Waals surface area contributed by atoms with E-state index in [-0.39, 0.29) is 42.7 Å². The molecule has 5 N–H and O–H groups in total. The van der Waals surface area contributed by atoms with E-state index < -0.39 is 0 Å². The average Bonchev–Trinajstić information content (AvgIpc) is 2.92. The first kappa shape index (κ1) is 23.2. The Balaban J connectivity index is 0.00000288. The molecule has 0 saturated heterocycles. The quantitative estimate of drug-likeness (QED) is 0.634. The Morgan fingerprint density at radius 2 is 1.88 bits per heavy atom. The second-order valence-electron chi connectivity index (χ2n) is 5.85. The Morgan fingerprint density at radius 1 is 1.24 bits per heavy atom. The Bertz CT molecular complexity index is 646. The monoisotopic (exact) mass is 387 g/mol. The molecule has 0 aliphatic rings. The lowest BCUT2D eigenvalue weighted by atomic mass is 10.0. The fraction of sp³-hybridized carbons (Fsp3) is 0.412. The van der Waals surface area contributed by atoms with Gasteiger partial charge in [-0.1, -0.05) is 25.1 Å². The van der Waals surface area contributed by atoms with Crippen molar-refractivity contribution in [1.29, 1.82) is 0 Å². The Labute approximate surface area is 161 Å². The molecule has 0 radical (unpaired) electrons. The number of nitrogens with two attached hydrogens (primary N) is 2. The van der Waals surface area contributed by atoms with Crippen LogP contribution in [0.1, 0.15) is 26.0 Å². The van der Waals surface area contributed by atoms with Gasteiger partial charge in [-0.3, -0.25) is 4.79 Å². The van der Waals surface area contributed by atoms with Crippen molar-refractivity contribution in [1.82, 2.24) is 15.1 Å². The second kappa shape index (κ2) is 11.0. The minimum absolute atomic E-state index is 0. The third-order valence-corrected chi connectivity index (χ3v) is 3.90. The molecule has 8 heteroatoms. The third-order valence-electron chi connectivity index (χ3n) is 3.90. The highest BCUT2D eigenvalue weighted by Crippen LogP contribution is 2.15. The number of hydrogen-bond donors (Lipinski definition) is 3. The van der Waals surface area contributed by atoms with E-state index in [9.17, 15) is 4.79 Å². The lowest BCUT2D eigenvalue weighted by Gasteiger charge is -2.14. The van der Waals surface area contributed by atoms with Gasteiger partial charge in [0.1, 0.15) is 5.82 Å². The van der Waals surface area contributed by atoms with Crippen LogP contribution in [-0.4, -0.2) is 28.3 Å². The van der Waals surface area contributed by atoms with Gasteiger partial charge >= 0.3 is 0 Å². The minimum atomic E-state index is -0.178. The number of nitrogens with one attached hydrogen (secondary N) is 1. The van der Waals surface area contributed by atoms with Gasteiger partial charge < -0.3 is 16.8 Å². The van der Waals surface area contributed by atoms with Crippen molar-refractivity contribution in [2.24, 2.45) is 11.7 Å². The van der Waals surface area contributed by atoms with Crippen LogP contribution >= 0.6 is 24.8 Å². The number of aryl methyl sites for hydroxylation is 1. The normalized spacial score (nSPS) is 12.4. The summed E-state index contributed by atoms with van der Waals surface area (Å²) in [6.07, 6.45) is 1.57. The maximum atomic E-state index is 11.8. The summed E-state index contributed by atoms with van der Waals surface area (Å²) < 4.78 is 1.73. The minimum Gasteiger partial charge on any atom is -0.384 e. The van der Waals surface area contributed by atoms with Gasteiger partial charge in [-0.05, 0) is 31.9 Å². The predicted octanol–water partition coefficient (Wildman–Crippen LogP) is 2.33. The first-order valence-corrected chi connectivity index (χ1v) is 7.92. The SMILES string of the molecule is CC(N)C(C)C(=O)NCCCc1cc(N)n(-c2ccccc2)n1.Cl.Cl. The van der Waals surface area contributed by atoms with Gasteiger partial charge in [0.05, 0.1) is 11.4 Å². The molecule has 0 fully saturated rings. The van der Waals surface area contributed by atoms with Crippen molar-refractivity contribution in [2.45, 2.75) is 32.7 Å². The summed E-state index contributed by atoms with van der Waals surface area (Å²) in [6, 6.07) is 11.5. The molecule has 2 aromatic rings. The van der Waals surface area contributed by atoms with Gasteiger partial charge in [-0.15, -0.1) is 24.8 Å². The van der Waals surface area contributed by atoms with Crippen molar-refractivity contribution >= 4 is 36.5 Å². The lowest BCUT2D eigenvalue weighted by Crippen LogP contribution is -2.39. The van der Waals surface area contributed by atoms with Crippen molar-refractivity contribution in [3.8, 4) is 5.69 Å². The highest BCUT2D eigenvalue weighted by molar-refractivity contribution is 5.85. The Morgan fingerprint density at radius 3 is 2.48 bits per heavy atom. The van der Waals surface area contributed by atoms with Crippen molar-refractivity contribution in [2.75, 3.05) is 12.3 Å². The molecule has 0 spiro atoms. The van der Waals surface area contributed by atoms with Gasteiger partial charge in [0.15, 0.2) is 0 Å². The molecule has 1 aromatic heterocycles. The van der Waals surface area contributed by atoms with Crippen LogP contribution in [-0.2, 0) is 11.2 Å². The lowest BCUT2D eigenvalue weighted by molar-refractivity contribution is -0.124. The van der Waals surface area contributed by atoms with Crippen molar-refractivity contribution in [3.63, 3.8) is 0 Å². The number of nitrogen functional groups attached to an aromatic ring is 1. The molecule has 6 nitrogen and oxygen atoms in total. The molecule has 25 heavy (non-hydrogen) atoms. The van der Waals surface area contributed by atoms with E-state index in [1.165, 1.54) is 0 Å². The zero-order chi connectivity index (χ0) is 16.8. The maximum Gasteiger partial charge on any atom is 0.224 e. The number of benzene rings is 1. The number of carbonyl (C=O) groups excluding carboxylic acids is 1. The Hall–Kier alpha value is -1.76. The fourth-order valence-corrected chi connectivity index (χ4v) is 2.23. The molecule has 2 atom stereocenters. The molecule has 1 aromatic carbocycles. The molecule has 140 valence electrons. The van der Waals surface area contributed by atoms with Crippen molar-refractivity contribution < 1.29 is 4.79 Å². The first-order valence-electron chi connectivity index (χ1n) is 7.92. The van der Waals surface area contributed by atoms with Crippen LogP contribution in [0.5, 0.6) is 0 Å². The number of anilines is 1. The fourth-order valence-electron chi connectivity index (χ4n) is 2.23. The summed E-state index contributed by atoms with van der Waals surface area (Å²) >= 11 is 0. The second-order valence-corrected chi connectivity index (χ2v) is 5.85. The smallest absolute Gasteiger partial charge is 0.224 e. The molecule has 0 bridgehead atoms. The maximum absolute atomic E-state index is 11.8. The zero-order valence-electron chi connectivity index (χ0n) is 14.5. The van der Waals surface area contributed by atoms with Gasteiger partial charge in [-0.25, -0.2) is 4.68 Å². The summed E-state index contributed by atoms with van der Waals surface area (Å²) in [5.74, 6) is 0.429. The number of amides is 1. The van der Waals surface area contributed by atoms with E-state index in [0.29, 0.717) is 12.4 Å². The van der Waals surface area contributed by atoms with Gasteiger partial charge in [0, 0.05) is 24.6 Å². The van der Waals surface area contributed by atoms with Crippen LogP contribution in [0.25, 0.3) is 5.69 Å². The van der Waals surface area contributed by atoms with Crippen LogP contribution in [0, 0.1) is 5.92 Å². The molecule has 2 unspecified atom stereocenters. The molecule has 0 saturated carbocycles. The summed E-state index contributed by atoms with van der Waals surface area (Å²) in [4.78, 5) is 11.8. The van der Waals surface area contributed by atoms with E-state index >= 15 is 0 Å². The van der Waals surface area contributed by atoms with Crippen LogP contribution in [0.3, 0.4) is 0 Å². The number of rotatable bonds is 7. The van der Waals surface area contributed by atoms with Crippen LogP contribution < -0.4 is 16.8 Å². The number of aromatic nitrogens is 2. The van der Waals surface area contributed by atoms with E-state index in [0.717, 1.165) is 24.2 Å². The highest BCUT2D eigenvalue weighted by Gasteiger charge is 2.16. The van der Waals surface area contributed by atoms with E-state index in [1.54, 1.807) is 4.68 Å². The standard InChI is InChI=1S/C17H25N5O.2ClH/c1-12(13(2)18)17(23)20-10-6-7-14-11-16(19)22(21-14)15-8-4-3-5-9-15;;/h3-5,8-9,11-13H,6-7,10,18-19H2,1-2H3,(H,20,23);2*1H. The molecule has 0 aliphatic heterocycles. The number of halogens is 2. The summed E-state index contributed by atoms with van der Waals surface area (Å²) in [7, 11) is 0. The largest absolute Gasteiger partial charge is 0.384 e. The summed E-state index contributed by atoms with van der Waals surface area (Å²) in [6.45, 7) is 4.28. The van der Waals surface area contributed by atoms with E-state index in [2.05, 4.69) is 10.4 Å². The highest BCUT2D eigenvalue weighted by atomic mass is 35.5.